The fraction of sp³-hybridized carbons (Fsp3) is 0.118. The quantitative estimate of drug-likeness (QED) is 0.723. The van der Waals surface area contributed by atoms with Crippen molar-refractivity contribution in [2.75, 3.05) is 4.90 Å². The van der Waals surface area contributed by atoms with E-state index in [1.165, 1.54) is 26.4 Å². The van der Waals surface area contributed by atoms with Crippen molar-refractivity contribution in [3.8, 4) is 0 Å². The second-order valence-electron chi connectivity index (χ2n) is 5.66. The van der Waals surface area contributed by atoms with Crippen LogP contribution in [0.2, 0.25) is 5.02 Å². The molecule has 0 spiro atoms. The van der Waals surface area contributed by atoms with Crippen LogP contribution in [0, 0.1) is 5.82 Å². The highest BCUT2D eigenvalue weighted by molar-refractivity contribution is 6.30. The molecule has 0 fully saturated rings. The predicted octanol–water partition coefficient (Wildman–Crippen LogP) is 2.87. The van der Waals surface area contributed by atoms with Crippen LogP contribution in [0.1, 0.15) is 11.4 Å². The highest BCUT2D eigenvalue weighted by Crippen LogP contribution is 2.24. The molecule has 0 aliphatic carbocycles. The standard InChI is InChI=1S/C17H12ClFN4O2/c18-12-4-6-14(7-5-12)21-10-15-20-16(24)22(23(15)17(21)25)9-11-2-1-3-13(19)8-11/h1-8H,9-10H2. The van der Waals surface area contributed by atoms with Crippen molar-refractivity contribution in [3.05, 3.63) is 81.2 Å². The Morgan fingerprint density at radius 1 is 1.12 bits per heavy atom. The highest BCUT2D eigenvalue weighted by atomic mass is 35.5. The maximum atomic E-state index is 13.4. The lowest BCUT2D eigenvalue weighted by Crippen LogP contribution is -2.34. The van der Waals surface area contributed by atoms with Crippen LogP contribution in [-0.2, 0) is 13.1 Å². The van der Waals surface area contributed by atoms with Crippen LogP contribution in [-0.4, -0.2) is 20.4 Å². The number of hydrogen-bond donors (Lipinski definition) is 0. The molecule has 1 aliphatic heterocycles. The van der Waals surface area contributed by atoms with Crippen LogP contribution >= 0.6 is 11.6 Å². The van der Waals surface area contributed by atoms with E-state index in [0.717, 1.165) is 0 Å². The van der Waals surface area contributed by atoms with Gasteiger partial charge in [-0.2, -0.15) is 9.67 Å². The first-order valence-electron chi connectivity index (χ1n) is 7.53. The van der Waals surface area contributed by atoms with E-state index in [0.29, 0.717) is 22.1 Å². The first-order chi connectivity index (χ1) is 12.0. The summed E-state index contributed by atoms with van der Waals surface area (Å²) in [6.45, 7) is 0.246. The molecule has 2 aromatic carbocycles. The molecular formula is C17H12ClFN4O2. The third-order valence-corrected chi connectivity index (χ3v) is 4.25. The van der Waals surface area contributed by atoms with E-state index in [4.69, 9.17) is 11.6 Å². The highest BCUT2D eigenvalue weighted by Gasteiger charge is 2.33. The summed E-state index contributed by atoms with van der Waals surface area (Å²) in [6, 6.07) is 12.3. The van der Waals surface area contributed by atoms with Gasteiger partial charge in [-0.3, -0.25) is 4.90 Å². The van der Waals surface area contributed by atoms with Crippen molar-refractivity contribution < 1.29 is 9.18 Å². The molecule has 4 rings (SSSR count). The Morgan fingerprint density at radius 2 is 1.88 bits per heavy atom. The number of carbonyl (C=O) groups is 1. The third-order valence-electron chi connectivity index (χ3n) is 4.00. The van der Waals surface area contributed by atoms with Crippen molar-refractivity contribution in [1.29, 1.82) is 0 Å². The van der Waals surface area contributed by atoms with Crippen molar-refractivity contribution in [2.45, 2.75) is 13.1 Å². The van der Waals surface area contributed by atoms with Gasteiger partial charge in [-0.15, -0.1) is 0 Å². The summed E-state index contributed by atoms with van der Waals surface area (Å²) >= 11 is 5.87. The molecule has 0 N–H and O–H groups in total. The summed E-state index contributed by atoms with van der Waals surface area (Å²) in [5, 5.41) is 0.566. The average molecular weight is 359 g/mol. The smallest absolute Gasteiger partial charge is 0.285 e. The zero-order valence-corrected chi connectivity index (χ0v) is 13.7. The fourth-order valence-electron chi connectivity index (χ4n) is 2.85. The van der Waals surface area contributed by atoms with Crippen LogP contribution in [0.25, 0.3) is 0 Å². The molecule has 8 heteroatoms. The molecule has 6 nitrogen and oxygen atoms in total. The van der Waals surface area contributed by atoms with Crippen LogP contribution in [0.15, 0.2) is 53.3 Å². The Morgan fingerprint density at radius 3 is 2.60 bits per heavy atom. The van der Waals surface area contributed by atoms with Gasteiger partial charge >= 0.3 is 11.7 Å². The normalized spacial score (nSPS) is 13.4. The Balaban J connectivity index is 1.69. The molecule has 0 unspecified atom stereocenters. The van der Waals surface area contributed by atoms with Gasteiger partial charge in [0.1, 0.15) is 5.82 Å². The number of aromatic nitrogens is 3. The number of halogens is 2. The summed E-state index contributed by atoms with van der Waals surface area (Å²) in [7, 11) is 0. The number of hydrogen-bond acceptors (Lipinski definition) is 3. The van der Waals surface area contributed by atoms with E-state index in [2.05, 4.69) is 4.98 Å². The summed E-state index contributed by atoms with van der Waals surface area (Å²) in [6.07, 6.45) is 0. The van der Waals surface area contributed by atoms with Gasteiger partial charge in [-0.1, -0.05) is 23.7 Å². The van der Waals surface area contributed by atoms with Gasteiger partial charge in [0, 0.05) is 10.7 Å². The lowest BCUT2D eigenvalue weighted by Gasteiger charge is -2.15. The molecule has 0 atom stereocenters. The largest absolute Gasteiger partial charge is 0.364 e. The molecule has 0 radical (unpaired) electrons. The first kappa shape index (κ1) is 15.6. The molecule has 126 valence electrons. The van der Waals surface area contributed by atoms with E-state index < -0.39 is 11.5 Å². The monoisotopic (exact) mass is 358 g/mol. The van der Waals surface area contributed by atoms with Crippen molar-refractivity contribution in [3.63, 3.8) is 0 Å². The minimum absolute atomic E-state index is 0.0593. The minimum atomic E-state index is -0.539. The first-order valence-corrected chi connectivity index (χ1v) is 7.91. The van der Waals surface area contributed by atoms with Gasteiger partial charge in [-0.05, 0) is 42.0 Å². The second-order valence-corrected chi connectivity index (χ2v) is 6.09. The fourth-order valence-corrected chi connectivity index (χ4v) is 2.98. The topological polar surface area (TPSA) is 60.1 Å². The molecule has 25 heavy (non-hydrogen) atoms. The number of fused-ring (bicyclic) bond motifs is 1. The second kappa shape index (κ2) is 5.86. The van der Waals surface area contributed by atoms with Gasteiger partial charge in [0.25, 0.3) is 0 Å². The molecular weight excluding hydrogens is 347 g/mol. The summed E-state index contributed by atoms with van der Waals surface area (Å²) in [5.74, 6) is -0.0535. The molecule has 0 saturated carbocycles. The lowest BCUT2D eigenvalue weighted by molar-refractivity contribution is 0.244. The summed E-state index contributed by atoms with van der Waals surface area (Å²) in [4.78, 5) is 30.3. The predicted molar refractivity (Wildman–Crippen MR) is 90.4 cm³/mol. The Kier molecular flexibility index (Phi) is 3.65. The van der Waals surface area contributed by atoms with Crippen molar-refractivity contribution >= 4 is 23.3 Å². The number of amides is 1. The number of nitrogens with zero attached hydrogens (tertiary/aromatic N) is 4. The molecule has 3 aromatic rings. The number of anilines is 1. The maximum absolute atomic E-state index is 13.4. The van der Waals surface area contributed by atoms with E-state index in [-0.39, 0.29) is 19.1 Å². The molecule has 1 amide bonds. The van der Waals surface area contributed by atoms with E-state index in [9.17, 15) is 14.0 Å². The van der Waals surface area contributed by atoms with Crippen LogP contribution in [0.5, 0.6) is 0 Å². The van der Waals surface area contributed by atoms with Crippen LogP contribution in [0.3, 0.4) is 0 Å². The summed E-state index contributed by atoms with van der Waals surface area (Å²) < 4.78 is 15.8. The van der Waals surface area contributed by atoms with Crippen LogP contribution in [0.4, 0.5) is 14.9 Å². The van der Waals surface area contributed by atoms with Gasteiger partial charge < -0.3 is 0 Å². The van der Waals surface area contributed by atoms with Crippen molar-refractivity contribution in [1.82, 2.24) is 14.3 Å². The third kappa shape index (κ3) is 2.72. The van der Waals surface area contributed by atoms with E-state index in [1.54, 1.807) is 36.4 Å². The SMILES string of the molecule is O=C1N(c2ccc(Cl)cc2)Cc2nc(=O)n(Cc3cccc(F)c3)n21. The zero-order chi connectivity index (χ0) is 17.6. The minimum Gasteiger partial charge on any atom is -0.285 e. The van der Waals surface area contributed by atoms with Gasteiger partial charge in [0.05, 0.1) is 13.1 Å². The number of rotatable bonds is 3. The van der Waals surface area contributed by atoms with Crippen molar-refractivity contribution in [2.24, 2.45) is 0 Å². The molecule has 0 bridgehead atoms. The van der Waals surface area contributed by atoms with Gasteiger partial charge in [0.2, 0.25) is 0 Å². The summed E-state index contributed by atoms with van der Waals surface area (Å²) in [5.41, 5.74) is 0.690. The average Bonchev–Trinajstić information content (AvgIpc) is 3.05. The number of benzene rings is 2. The van der Waals surface area contributed by atoms with Crippen LogP contribution < -0.4 is 10.6 Å². The van der Waals surface area contributed by atoms with E-state index in [1.807, 2.05) is 0 Å². The maximum Gasteiger partial charge on any atom is 0.364 e. The Labute approximate surface area is 146 Å². The Bertz CT molecular complexity index is 1030. The van der Waals surface area contributed by atoms with Gasteiger partial charge in [0.15, 0.2) is 5.82 Å². The molecule has 2 heterocycles. The zero-order valence-electron chi connectivity index (χ0n) is 12.9. The molecule has 0 saturated heterocycles. The lowest BCUT2D eigenvalue weighted by atomic mass is 10.2. The van der Waals surface area contributed by atoms with Gasteiger partial charge in [-0.25, -0.2) is 18.7 Å². The number of carbonyl (C=O) groups excluding carboxylic acids is 1. The Hall–Kier alpha value is -2.93. The molecule has 1 aromatic heterocycles. The van der Waals surface area contributed by atoms with E-state index >= 15 is 0 Å². The molecule has 1 aliphatic rings.